The maximum Gasteiger partial charge on any atom is 0.263 e. The minimum Gasteiger partial charge on any atom is -0.383 e. The van der Waals surface area contributed by atoms with Gasteiger partial charge in [-0.2, -0.15) is 9.40 Å². The molecule has 6 nitrogen and oxygen atoms in total. The van der Waals surface area contributed by atoms with Crippen molar-refractivity contribution >= 4 is 21.6 Å². The molecule has 19 heavy (non-hydrogen) atoms. The summed E-state index contributed by atoms with van der Waals surface area (Å²) in [5.41, 5.74) is 1.24. The summed E-state index contributed by atoms with van der Waals surface area (Å²) in [5, 5.41) is 6.65. The number of H-pyrrole nitrogens is 1. The van der Waals surface area contributed by atoms with Crippen LogP contribution < -0.4 is 0 Å². The molecule has 2 rings (SSSR count). The first kappa shape index (κ1) is 14.8. The van der Waals surface area contributed by atoms with Gasteiger partial charge in [-0.25, -0.2) is 8.42 Å². The van der Waals surface area contributed by atoms with E-state index < -0.39 is 10.0 Å². The predicted molar refractivity (Wildman–Crippen MR) is 71.7 cm³/mol. The van der Waals surface area contributed by atoms with Crippen molar-refractivity contribution < 1.29 is 13.2 Å². The Morgan fingerprint density at radius 2 is 2.21 bits per heavy atom. The first-order valence-electron chi connectivity index (χ1n) is 6.13. The van der Waals surface area contributed by atoms with E-state index in [1.165, 1.54) is 4.31 Å². The second-order valence-electron chi connectivity index (χ2n) is 4.61. The lowest BCUT2D eigenvalue weighted by Crippen LogP contribution is -2.36. The summed E-state index contributed by atoms with van der Waals surface area (Å²) in [6, 6.07) is 0.0698. The van der Waals surface area contributed by atoms with Crippen LogP contribution in [0.3, 0.4) is 0 Å². The molecule has 0 radical (unpaired) electrons. The molecular formula is C11H18ClN3O3S. The number of nitrogens with zero attached hydrogens (tertiary/aromatic N) is 2. The highest BCUT2D eigenvalue weighted by Gasteiger charge is 2.40. The first-order chi connectivity index (χ1) is 9.02. The van der Waals surface area contributed by atoms with Crippen LogP contribution in [0, 0.1) is 6.92 Å². The van der Waals surface area contributed by atoms with Gasteiger partial charge in [0.2, 0.25) is 0 Å². The number of aromatic amines is 1. The Morgan fingerprint density at radius 3 is 2.74 bits per heavy atom. The summed E-state index contributed by atoms with van der Waals surface area (Å²) >= 11 is 5.82. The summed E-state index contributed by atoms with van der Waals surface area (Å²) in [4.78, 5) is 0. The molecule has 0 spiro atoms. The molecule has 0 saturated heterocycles. The van der Waals surface area contributed by atoms with Gasteiger partial charge in [-0.3, -0.25) is 5.10 Å². The van der Waals surface area contributed by atoms with E-state index in [1.54, 1.807) is 14.0 Å². The van der Waals surface area contributed by atoms with Crippen molar-refractivity contribution in [2.45, 2.75) is 36.7 Å². The van der Waals surface area contributed by atoms with Crippen LogP contribution >= 0.6 is 11.6 Å². The van der Waals surface area contributed by atoms with Crippen LogP contribution in [0.5, 0.6) is 0 Å². The third kappa shape index (κ3) is 2.94. The molecule has 1 heterocycles. The van der Waals surface area contributed by atoms with Crippen molar-refractivity contribution in [2.75, 3.05) is 20.3 Å². The first-order valence-corrected chi connectivity index (χ1v) is 8.10. The molecule has 0 amide bonds. The van der Waals surface area contributed by atoms with Gasteiger partial charge in [-0.15, -0.1) is 11.6 Å². The minimum atomic E-state index is -3.61. The van der Waals surface area contributed by atoms with Crippen molar-refractivity contribution in [3.8, 4) is 0 Å². The van der Waals surface area contributed by atoms with Gasteiger partial charge >= 0.3 is 0 Å². The largest absolute Gasteiger partial charge is 0.383 e. The molecule has 1 aliphatic carbocycles. The van der Waals surface area contributed by atoms with Gasteiger partial charge in [-0.05, 0) is 19.8 Å². The van der Waals surface area contributed by atoms with Crippen LogP contribution in [0.2, 0.25) is 0 Å². The average molecular weight is 308 g/mol. The monoisotopic (exact) mass is 307 g/mol. The fraction of sp³-hybridized carbons (Fsp3) is 0.727. The number of ether oxygens (including phenoxy) is 1. The maximum absolute atomic E-state index is 12.6. The normalized spacial score (nSPS) is 16.2. The third-order valence-electron chi connectivity index (χ3n) is 3.19. The van der Waals surface area contributed by atoms with Gasteiger partial charge in [-0.1, -0.05) is 0 Å². The van der Waals surface area contributed by atoms with Gasteiger partial charge in [0.05, 0.1) is 12.5 Å². The number of alkyl halides is 1. The van der Waals surface area contributed by atoms with E-state index in [9.17, 15) is 8.42 Å². The Morgan fingerprint density at radius 1 is 1.53 bits per heavy atom. The molecule has 0 aliphatic heterocycles. The quantitative estimate of drug-likeness (QED) is 0.769. The van der Waals surface area contributed by atoms with E-state index in [0.717, 1.165) is 12.8 Å². The molecule has 0 unspecified atom stereocenters. The topological polar surface area (TPSA) is 75.3 Å². The zero-order valence-electron chi connectivity index (χ0n) is 11.0. The highest BCUT2D eigenvalue weighted by atomic mass is 35.5. The SMILES string of the molecule is COCCN(C1CC1)S(=O)(=O)c1n[nH]c(C)c1CCl. The second-order valence-corrected chi connectivity index (χ2v) is 6.68. The Kier molecular flexibility index (Phi) is 4.50. The van der Waals surface area contributed by atoms with E-state index in [1.807, 2.05) is 0 Å². The van der Waals surface area contributed by atoms with Gasteiger partial charge in [0.1, 0.15) is 0 Å². The smallest absolute Gasteiger partial charge is 0.263 e. The molecule has 1 N–H and O–H groups in total. The van der Waals surface area contributed by atoms with Crippen molar-refractivity contribution in [3.63, 3.8) is 0 Å². The fourth-order valence-corrected chi connectivity index (χ4v) is 4.20. The molecule has 0 aromatic carbocycles. The van der Waals surface area contributed by atoms with E-state index >= 15 is 0 Å². The number of sulfonamides is 1. The summed E-state index contributed by atoms with van der Waals surface area (Å²) in [6.45, 7) is 2.48. The molecule has 1 saturated carbocycles. The zero-order valence-corrected chi connectivity index (χ0v) is 12.6. The van der Waals surface area contributed by atoms with Gasteiger partial charge in [0, 0.05) is 31.0 Å². The summed E-state index contributed by atoms with van der Waals surface area (Å²) in [5.74, 6) is 0.125. The van der Waals surface area contributed by atoms with Gasteiger partial charge in [0.15, 0.2) is 5.03 Å². The highest BCUT2D eigenvalue weighted by molar-refractivity contribution is 7.89. The summed E-state index contributed by atoms with van der Waals surface area (Å²) < 4.78 is 31.7. The van der Waals surface area contributed by atoms with Gasteiger partial charge < -0.3 is 4.74 Å². The van der Waals surface area contributed by atoms with E-state index in [0.29, 0.717) is 24.4 Å². The lowest BCUT2D eigenvalue weighted by molar-refractivity contribution is 0.177. The number of nitrogens with one attached hydrogen (secondary N) is 1. The molecule has 1 fully saturated rings. The number of methoxy groups -OCH3 is 1. The molecule has 0 atom stereocenters. The molecule has 0 bridgehead atoms. The minimum absolute atomic E-state index is 0.0444. The van der Waals surface area contributed by atoms with Crippen molar-refractivity contribution in [2.24, 2.45) is 0 Å². The fourth-order valence-electron chi connectivity index (χ4n) is 1.95. The number of hydrogen-bond donors (Lipinski definition) is 1. The highest BCUT2D eigenvalue weighted by Crippen LogP contribution is 2.32. The van der Waals surface area contributed by atoms with Crippen LogP contribution in [0.4, 0.5) is 0 Å². The van der Waals surface area contributed by atoms with Crippen molar-refractivity contribution in [1.82, 2.24) is 14.5 Å². The van der Waals surface area contributed by atoms with Crippen LogP contribution in [-0.4, -0.2) is 49.2 Å². The molecule has 108 valence electrons. The van der Waals surface area contributed by atoms with E-state index in [-0.39, 0.29) is 16.9 Å². The lowest BCUT2D eigenvalue weighted by Gasteiger charge is -2.20. The average Bonchev–Trinajstić information content (AvgIpc) is 3.11. The third-order valence-corrected chi connectivity index (χ3v) is 5.38. The molecular weight excluding hydrogens is 290 g/mol. The maximum atomic E-state index is 12.6. The molecule has 1 aromatic heterocycles. The Balaban J connectivity index is 2.33. The van der Waals surface area contributed by atoms with Crippen LogP contribution in [0.15, 0.2) is 5.03 Å². The standard InChI is InChI=1S/C11H18ClN3O3S/c1-8-10(7-12)11(14-13-8)19(16,17)15(5-6-18-2)9-3-4-9/h9H,3-7H2,1-2H3,(H,13,14). The molecule has 1 aromatic rings. The summed E-state index contributed by atoms with van der Waals surface area (Å²) in [6.07, 6.45) is 1.78. The van der Waals surface area contributed by atoms with Crippen LogP contribution in [-0.2, 0) is 20.6 Å². The Labute approximate surface area is 118 Å². The predicted octanol–water partition coefficient (Wildman–Crippen LogP) is 1.26. The van der Waals surface area contributed by atoms with Gasteiger partial charge in [0.25, 0.3) is 10.0 Å². The lowest BCUT2D eigenvalue weighted by atomic mass is 10.3. The van der Waals surface area contributed by atoms with Crippen LogP contribution in [0.25, 0.3) is 0 Å². The number of aryl methyl sites for hydroxylation is 1. The van der Waals surface area contributed by atoms with E-state index in [2.05, 4.69) is 10.2 Å². The Bertz CT molecular complexity index is 539. The van der Waals surface area contributed by atoms with Crippen molar-refractivity contribution in [3.05, 3.63) is 11.3 Å². The van der Waals surface area contributed by atoms with Crippen molar-refractivity contribution in [1.29, 1.82) is 0 Å². The van der Waals surface area contributed by atoms with Crippen LogP contribution in [0.1, 0.15) is 24.1 Å². The Hall–Kier alpha value is -0.630. The number of hydrogen-bond acceptors (Lipinski definition) is 4. The number of halogens is 1. The van der Waals surface area contributed by atoms with E-state index in [4.69, 9.17) is 16.3 Å². The number of rotatable bonds is 7. The second kappa shape index (κ2) is 5.78. The number of aromatic nitrogens is 2. The zero-order chi connectivity index (χ0) is 14.0. The summed E-state index contributed by atoms with van der Waals surface area (Å²) in [7, 11) is -2.05. The molecule has 1 aliphatic rings. The molecule has 8 heteroatoms.